The Kier molecular flexibility index (Phi) is 68.1. The topological polar surface area (TPSA) is 108 Å². The summed E-state index contributed by atoms with van der Waals surface area (Å²) in [5, 5.41) is 14.0. The van der Waals surface area contributed by atoms with Crippen LogP contribution >= 0.6 is 7.82 Å². The third-order valence-corrected chi connectivity index (χ3v) is 19.0. The number of quaternary nitrogens is 1. The molecule has 0 aromatic rings. The molecule has 8 nitrogen and oxygen atoms in total. The largest absolute Gasteiger partial charge is 0.756 e. The molecule has 1 amide bonds. The second-order valence-corrected chi connectivity index (χ2v) is 29.5. The minimum atomic E-state index is -4.62. The Morgan fingerprint density at radius 2 is 0.644 bits per heavy atom. The molecule has 87 heavy (non-hydrogen) atoms. The van der Waals surface area contributed by atoms with Crippen LogP contribution in [0, 0.1) is 0 Å². The fourth-order valence-corrected chi connectivity index (χ4v) is 12.8. The number of aliphatic hydroxyl groups is 1. The minimum Gasteiger partial charge on any atom is -0.756 e. The first-order chi connectivity index (χ1) is 42.5. The summed E-state index contributed by atoms with van der Waals surface area (Å²) in [6, 6.07) is -0.910. The third-order valence-electron chi connectivity index (χ3n) is 18.1. The molecule has 0 aromatic carbocycles. The van der Waals surface area contributed by atoms with Crippen LogP contribution in [0.3, 0.4) is 0 Å². The number of nitrogens with one attached hydrogen (secondary N) is 1. The number of carbonyl (C=O) groups excluding carboxylic acids is 1. The number of amides is 1. The number of aliphatic hydroxyl groups excluding tert-OH is 1. The molecule has 3 atom stereocenters. The number of unbranched alkanes of at least 4 members (excludes halogenated alkanes) is 56. The van der Waals surface area contributed by atoms with Gasteiger partial charge in [-0.15, -0.1) is 0 Å². The van der Waals surface area contributed by atoms with Gasteiger partial charge in [0, 0.05) is 6.42 Å². The zero-order chi connectivity index (χ0) is 63.4. The molecule has 0 aliphatic carbocycles. The second-order valence-electron chi connectivity index (χ2n) is 28.1. The molecule has 9 heteroatoms. The standard InChI is InChI=1S/C78H153N2O6P/c1-6-8-10-12-14-16-18-20-22-24-26-28-30-32-33-34-35-36-37-38-39-40-41-42-43-44-45-46-48-50-52-54-56-58-60-62-64-66-68-70-72-78(82)79-76(75-86-87(83,84)85-74-73-80(3,4)5)77(81)71-69-67-65-63-61-59-57-55-53-51-49-47-31-29-27-25-23-21-19-17-15-13-11-9-7-2/h53,55,61,63,69,71,76-77,81H,6-52,54,56-60,62,64-68,70,72-75H2,1-5H3,(H-,79,82,83,84)/b55-53+,63-61+,71-69+. The average Bonchev–Trinajstić information content (AvgIpc) is 3.70. The van der Waals surface area contributed by atoms with Crippen LogP contribution in [0.25, 0.3) is 0 Å². The van der Waals surface area contributed by atoms with Crippen LogP contribution in [0.4, 0.5) is 0 Å². The van der Waals surface area contributed by atoms with E-state index in [1.807, 2.05) is 27.2 Å². The van der Waals surface area contributed by atoms with Crippen molar-refractivity contribution in [1.29, 1.82) is 0 Å². The molecule has 0 rings (SSSR count). The van der Waals surface area contributed by atoms with Crippen molar-refractivity contribution in [2.45, 2.75) is 418 Å². The van der Waals surface area contributed by atoms with Crippen LogP contribution in [-0.4, -0.2) is 68.5 Å². The highest BCUT2D eigenvalue weighted by molar-refractivity contribution is 7.45. The lowest BCUT2D eigenvalue weighted by molar-refractivity contribution is -0.870. The number of likely N-dealkylation sites (N-methyl/N-ethyl adjacent to an activating group) is 1. The van der Waals surface area contributed by atoms with E-state index in [0.717, 1.165) is 44.9 Å². The van der Waals surface area contributed by atoms with Crippen LogP contribution in [0.1, 0.15) is 406 Å². The number of phosphoric acid groups is 1. The Hall–Kier alpha value is -1.28. The molecule has 0 aliphatic heterocycles. The predicted octanol–water partition coefficient (Wildman–Crippen LogP) is 24.5. The van der Waals surface area contributed by atoms with Crippen molar-refractivity contribution >= 4 is 13.7 Å². The first-order valence-corrected chi connectivity index (χ1v) is 40.3. The first kappa shape index (κ1) is 85.7. The van der Waals surface area contributed by atoms with Crippen molar-refractivity contribution in [3.63, 3.8) is 0 Å². The van der Waals surface area contributed by atoms with Gasteiger partial charge >= 0.3 is 0 Å². The monoisotopic (exact) mass is 1250 g/mol. The smallest absolute Gasteiger partial charge is 0.268 e. The highest BCUT2D eigenvalue weighted by Crippen LogP contribution is 2.38. The predicted molar refractivity (Wildman–Crippen MR) is 381 cm³/mol. The zero-order valence-electron chi connectivity index (χ0n) is 59.3. The van der Waals surface area contributed by atoms with Crippen molar-refractivity contribution in [2.24, 2.45) is 0 Å². The van der Waals surface area contributed by atoms with Gasteiger partial charge in [-0.1, -0.05) is 391 Å². The molecule has 0 aromatic heterocycles. The number of hydrogen-bond donors (Lipinski definition) is 2. The molecule has 3 unspecified atom stereocenters. The van der Waals surface area contributed by atoms with E-state index >= 15 is 0 Å². The van der Waals surface area contributed by atoms with Gasteiger partial charge in [-0.25, -0.2) is 0 Å². The molecule has 516 valence electrons. The molecule has 0 radical (unpaired) electrons. The Balaban J connectivity index is 3.94. The number of allylic oxidation sites excluding steroid dienone is 5. The fraction of sp³-hybridized carbons (Fsp3) is 0.910. The van der Waals surface area contributed by atoms with Crippen LogP contribution in [0.2, 0.25) is 0 Å². The fourth-order valence-electron chi connectivity index (χ4n) is 12.1. The van der Waals surface area contributed by atoms with Crippen molar-refractivity contribution < 1.29 is 32.9 Å². The molecular weight excluding hydrogens is 1090 g/mol. The SMILES string of the molecule is CCCCCCCCCCCCCCCCC/C=C/CC/C=C/CC/C=C/C(O)C(COP(=O)([O-])OCC[N+](C)(C)C)NC(=O)CCCCCCCCCCCCCCCCCCCCCCCCCCCCCCCCCCCCCCCCCC. The number of nitrogens with zero attached hydrogens (tertiary/aromatic N) is 1. The van der Waals surface area contributed by atoms with Gasteiger partial charge in [0.25, 0.3) is 7.82 Å². The number of carbonyl (C=O) groups is 1. The Morgan fingerprint density at radius 3 is 0.931 bits per heavy atom. The summed E-state index contributed by atoms with van der Waals surface area (Å²) >= 11 is 0. The maximum absolute atomic E-state index is 13.1. The summed E-state index contributed by atoms with van der Waals surface area (Å²) in [7, 11) is 1.25. The molecule has 0 fully saturated rings. The molecule has 2 N–H and O–H groups in total. The van der Waals surface area contributed by atoms with E-state index in [4.69, 9.17) is 9.05 Å². The second kappa shape index (κ2) is 69.1. The van der Waals surface area contributed by atoms with Gasteiger partial charge in [-0.05, 0) is 44.9 Å². The van der Waals surface area contributed by atoms with Crippen LogP contribution < -0.4 is 10.2 Å². The van der Waals surface area contributed by atoms with E-state index in [0.29, 0.717) is 17.4 Å². The van der Waals surface area contributed by atoms with E-state index < -0.39 is 26.6 Å². The van der Waals surface area contributed by atoms with Crippen molar-refractivity contribution in [1.82, 2.24) is 5.32 Å². The summed E-state index contributed by atoms with van der Waals surface area (Å²) in [6.07, 6.45) is 93.2. The maximum Gasteiger partial charge on any atom is 0.268 e. The minimum absolute atomic E-state index is 0.00702. The Labute approximate surface area is 544 Å². The van der Waals surface area contributed by atoms with Crippen molar-refractivity contribution in [3.05, 3.63) is 36.5 Å². The summed E-state index contributed by atoms with van der Waals surface area (Å²) in [6.45, 7) is 4.69. The zero-order valence-corrected chi connectivity index (χ0v) is 60.2. The summed E-state index contributed by atoms with van der Waals surface area (Å²) in [4.78, 5) is 25.7. The van der Waals surface area contributed by atoms with Gasteiger partial charge in [-0.3, -0.25) is 9.36 Å². The van der Waals surface area contributed by atoms with Crippen LogP contribution in [-0.2, 0) is 18.4 Å². The lowest BCUT2D eigenvalue weighted by Gasteiger charge is -2.29. The van der Waals surface area contributed by atoms with E-state index in [1.54, 1.807) is 6.08 Å². The third kappa shape index (κ3) is 72.0. The molecular formula is C78H153N2O6P. The highest BCUT2D eigenvalue weighted by Gasteiger charge is 2.23. The molecule has 0 saturated heterocycles. The quantitative estimate of drug-likeness (QED) is 0.0272. The van der Waals surface area contributed by atoms with Crippen molar-refractivity contribution in [2.75, 3.05) is 40.9 Å². The Bertz CT molecular complexity index is 1510. The molecule has 0 spiro atoms. The molecule has 0 aliphatic rings. The number of phosphoric ester groups is 1. The van der Waals surface area contributed by atoms with E-state index in [2.05, 4.69) is 43.5 Å². The maximum atomic E-state index is 13.1. The Morgan fingerprint density at radius 1 is 0.391 bits per heavy atom. The van der Waals surface area contributed by atoms with E-state index in [1.165, 1.54) is 340 Å². The number of hydrogen-bond acceptors (Lipinski definition) is 6. The normalized spacial score (nSPS) is 13.7. The van der Waals surface area contributed by atoms with E-state index in [-0.39, 0.29) is 12.5 Å². The number of rotatable bonds is 73. The highest BCUT2D eigenvalue weighted by atomic mass is 31.2. The van der Waals surface area contributed by atoms with Gasteiger partial charge < -0.3 is 28.8 Å². The van der Waals surface area contributed by atoms with Gasteiger partial charge in [0.1, 0.15) is 13.2 Å². The summed E-state index contributed by atoms with van der Waals surface area (Å²) in [5.74, 6) is -0.203. The summed E-state index contributed by atoms with van der Waals surface area (Å²) in [5.41, 5.74) is 0. The van der Waals surface area contributed by atoms with Gasteiger partial charge in [0.05, 0.1) is 39.9 Å². The molecule has 0 bridgehead atoms. The van der Waals surface area contributed by atoms with Gasteiger partial charge in [0.2, 0.25) is 5.91 Å². The lowest BCUT2D eigenvalue weighted by Crippen LogP contribution is -2.45. The lowest BCUT2D eigenvalue weighted by atomic mass is 10.0. The molecule has 0 heterocycles. The first-order valence-electron chi connectivity index (χ1n) is 38.9. The van der Waals surface area contributed by atoms with Gasteiger partial charge in [-0.2, -0.15) is 0 Å². The average molecular weight is 1250 g/mol. The van der Waals surface area contributed by atoms with Crippen molar-refractivity contribution in [3.8, 4) is 0 Å². The van der Waals surface area contributed by atoms with E-state index in [9.17, 15) is 19.4 Å². The van der Waals surface area contributed by atoms with Crippen LogP contribution in [0.5, 0.6) is 0 Å². The molecule has 0 saturated carbocycles. The summed E-state index contributed by atoms with van der Waals surface area (Å²) < 4.78 is 23.5. The van der Waals surface area contributed by atoms with Gasteiger partial charge in [0.15, 0.2) is 0 Å². The van der Waals surface area contributed by atoms with Crippen LogP contribution in [0.15, 0.2) is 36.5 Å².